The predicted octanol–water partition coefficient (Wildman–Crippen LogP) is 3.54. The van der Waals surface area contributed by atoms with Gasteiger partial charge in [0, 0.05) is 17.1 Å². The third-order valence-corrected chi connectivity index (χ3v) is 5.81. The first-order chi connectivity index (χ1) is 15.1. The lowest BCUT2D eigenvalue weighted by atomic mass is 10.0. The maximum Gasteiger partial charge on any atom is 0.312 e. The molecule has 1 aliphatic carbocycles. The molecular formula is C24H26ClN3O3. The average Bonchev–Trinajstić information content (AvgIpc) is 2.79. The Balaban J connectivity index is 1.33. The van der Waals surface area contributed by atoms with Crippen LogP contribution in [-0.4, -0.2) is 54.7 Å². The molecule has 2 aliphatic heterocycles. The summed E-state index contributed by atoms with van der Waals surface area (Å²) < 4.78 is 5.81. The number of carbonyl (C=O) groups is 2. The van der Waals surface area contributed by atoms with Crippen molar-refractivity contribution < 1.29 is 14.3 Å². The number of carbonyl (C=O) groups excluding carboxylic acids is 2. The van der Waals surface area contributed by atoms with Crippen molar-refractivity contribution in [2.75, 3.05) is 26.2 Å². The van der Waals surface area contributed by atoms with Crippen molar-refractivity contribution in [3.63, 3.8) is 0 Å². The number of rotatable bonds is 6. The fraction of sp³-hybridized carbons (Fsp3) is 0.375. The van der Waals surface area contributed by atoms with E-state index in [1.165, 1.54) is 19.3 Å². The summed E-state index contributed by atoms with van der Waals surface area (Å²) in [6, 6.07) is 7.10. The number of hydrogen-bond donors (Lipinski definition) is 1. The Hall–Kier alpha value is -2.70. The summed E-state index contributed by atoms with van der Waals surface area (Å²) in [4.78, 5) is 31.5. The van der Waals surface area contributed by atoms with E-state index in [1.54, 1.807) is 48.6 Å². The number of aliphatic imine (C=N–C) groups is 1. The van der Waals surface area contributed by atoms with Crippen LogP contribution in [0.1, 0.15) is 31.2 Å². The second-order valence-electron chi connectivity index (χ2n) is 7.91. The topological polar surface area (TPSA) is 71.0 Å². The second kappa shape index (κ2) is 10.1. The molecule has 31 heavy (non-hydrogen) atoms. The van der Waals surface area contributed by atoms with E-state index in [-0.39, 0.29) is 11.7 Å². The molecule has 0 bridgehead atoms. The minimum absolute atomic E-state index is 0.161. The predicted molar refractivity (Wildman–Crippen MR) is 122 cm³/mol. The summed E-state index contributed by atoms with van der Waals surface area (Å²) in [5.41, 5.74) is 1.72. The fourth-order valence-corrected chi connectivity index (χ4v) is 4.00. The van der Waals surface area contributed by atoms with E-state index < -0.39 is 12.0 Å². The molecule has 1 fully saturated rings. The minimum Gasteiger partial charge on any atom is -0.474 e. The Morgan fingerprint density at radius 2 is 2.00 bits per heavy atom. The first-order valence-corrected chi connectivity index (χ1v) is 11.1. The van der Waals surface area contributed by atoms with E-state index in [2.05, 4.69) is 15.2 Å². The van der Waals surface area contributed by atoms with Gasteiger partial charge in [0.05, 0.1) is 5.71 Å². The van der Waals surface area contributed by atoms with Crippen molar-refractivity contribution in [2.45, 2.75) is 31.8 Å². The second-order valence-corrected chi connectivity index (χ2v) is 8.35. The lowest BCUT2D eigenvalue weighted by molar-refractivity contribution is -0.119. The number of likely N-dealkylation sites (tertiary alicyclic amines) is 1. The van der Waals surface area contributed by atoms with Crippen LogP contribution in [0, 0.1) is 0 Å². The highest BCUT2D eigenvalue weighted by Crippen LogP contribution is 2.23. The number of piperidine rings is 1. The Morgan fingerprint density at radius 3 is 2.77 bits per heavy atom. The van der Waals surface area contributed by atoms with E-state index in [9.17, 15) is 9.59 Å². The van der Waals surface area contributed by atoms with Gasteiger partial charge < -0.3 is 15.0 Å². The summed E-state index contributed by atoms with van der Waals surface area (Å²) in [5, 5.41) is 3.58. The van der Waals surface area contributed by atoms with Gasteiger partial charge in [0.2, 0.25) is 0 Å². The number of nitrogens with one attached hydrogen (secondary N) is 1. The van der Waals surface area contributed by atoms with Gasteiger partial charge in [-0.1, -0.05) is 30.2 Å². The molecule has 2 amide bonds. The van der Waals surface area contributed by atoms with Crippen LogP contribution in [0.4, 0.5) is 0 Å². The van der Waals surface area contributed by atoms with Crippen molar-refractivity contribution in [3.8, 4) is 0 Å². The highest BCUT2D eigenvalue weighted by atomic mass is 35.5. The van der Waals surface area contributed by atoms with Crippen LogP contribution >= 0.6 is 11.6 Å². The van der Waals surface area contributed by atoms with E-state index >= 15 is 0 Å². The lowest BCUT2D eigenvalue weighted by Crippen LogP contribution is -2.35. The van der Waals surface area contributed by atoms with E-state index in [1.807, 2.05) is 0 Å². The van der Waals surface area contributed by atoms with Gasteiger partial charge in [0.15, 0.2) is 11.9 Å². The lowest BCUT2D eigenvalue weighted by Gasteiger charge is -2.26. The van der Waals surface area contributed by atoms with Gasteiger partial charge in [-0.05, 0) is 80.9 Å². The summed E-state index contributed by atoms with van der Waals surface area (Å²) in [7, 11) is 0. The third kappa shape index (κ3) is 5.71. The Bertz CT molecular complexity index is 957. The van der Waals surface area contributed by atoms with Gasteiger partial charge in [0.1, 0.15) is 0 Å². The monoisotopic (exact) mass is 439 g/mol. The maximum atomic E-state index is 12.5. The SMILES string of the molecule is O=C(NCCCN1CCCCC1)C1=CC2=NC(=O)/C(=C/c3ccc(Cl)cc3)OC2C=C1. The molecule has 2 heterocycles. The first-order valence-electron chi connectivity index (χ1n) is 10.8. The number of fused-ring (bicyclic) bond motifs is 1. The molecule has 0 saturated carbocycles. The number of ether oxygens (including phenoxy) is 1. The molecule has 1 saturated heterocycles. The highest BCUT2D eigenvalue weighted by molar-refractivity contribution is 6.30. The number of amides is 2. The van der Waals surface area contributed by atoms with Gasteiger partial charge in [-0.3, -0.25) is 9.59 Å². The van der Waals surface area contributed by atoms with Crippen LogP contribution in [-0.2, 0) is 14.3 Å². The molecule has 0 radical (unpaired) electrons. The van der Waals surface area contributed by atoms with Crippen molar-refractivity contribution in [1.29, 1.82) is 0 Å². The summed E-state index contributed by atoms with van der Waals surface area (Å²) in [6.07, 6.45) is 11.0. The molecule has 0 aromatic heterocycles. The smallest absolute Gasteiger partial charge is 0.312 e. The van der Waals surface area contributed by atoms with Crippen LogP contribution in [0.3, 0.4) is 0 Å². The quantitative estimate of drug-likeness (QED) is 0.543. The molecular weight excluding hydrogens is 414 g/mol. The zero-order valence-corrected chi connectivity index (χ0v) is 18.1. The van der Waals surface area contributed by atoms with Crippen LogP contribution < -0.4 is 5.32 Å². The fourth-order valence-electron chi connectivity index (χ4n) is 3.87. The third-order valence-electron chi connectivity index (χ3n) is 5.56. The Kier molecular flexibility index (Phi) is 6.99. The largest absolute Gasteiger partial charge is 0.474 e. The van der Waals surface area contributed by atoms with Crippen LogP contribution in [0.2, 0.25) is 5.02 Å². The molecule has 162 valence electrons. The summed E-state index contributed by atoms with van der Waals surface area (Å²) in [6.45, 7) is 3.95. The summed E-state index contributed by atoms with van der Waals surface area (Å²) in [5.74, 6) is -0.459. The van der Waals surface area contributed by atoms with Gasteiger partial charge in [-0.25, -0.2) is 4.99 Å². The van der Waals surface area contributed by atoms with E-state index in [0.717, 1.165) is 31.6 Å². The molecule has 3 aliphatic rings. The summed E-state index contributed by atoms with van der Waals surface area (Å²) >= 11 is 5.90. The average molecular weight is 440 g/mol. The molecule has 6 nitrogen and oxygen atoms in total. The van der Waals surface area contributed by atoms with Crippen molar-refractivity contribution in [3.05, 3.63) is 64.4 Å². The number of hydrogen-bond acceptors (Lipinski definition) is 4. The van der Waals surface area contributed by atoms with Gasteiger partial charge in [-0.2, -0.15) is 0 Å². The molecule has 4 rings (SSSR count). The van der Waals surface area contributed by atoms with Gasteiger partial charge >= 0.3 is 5.91 Å². The van der Waals surface area contributed by atoms with Crippen molar-refractivity contribution >= 4 is 35.2 Å². The minimum atomic E-state index is -0.480. The Labute approximate surface area is 187 Å². The van der Waals surface area contributed by atoms with Crippen LogP contribution in [0.15, 0.2) is 58.8 Å². The molecule has 7 heteroatoms. The Morgan fingerprint density at radius 1 is 1.23 bits per heavy atom. The number of halogens is 1. The highest BCUT2D eigenvalue weighted by Gasteiger charge is 2.28. The molecule has 1 unspecified atom stereocenters. The first kappa shape index (κ1) is 21.5. The van der Waals surface area contributed by atoms with E-state index in [4.69, 9.17) is 16.3 Å². The van der Waals surface area contributed by atoms with Crippen LogP contribution in [0.25, 0.3) is 6.08 Å². The van der Waals surface area contributed by atoms with Crippen molar-refractivity contribution in [2.24, 2.45) is 4.99 Å². The number of nitrogens with zero attached hydrogens (tertiary/aromatic N) is 2. The number of benzene rings is 1. The van der Waals surface area contributed by atoms with Crippen molar-refractivity contribution in [1.82, 2.24) is 10.2 Å². The van der Waals surface area contributed by atoms with E-state index in [0.29, 0.717) is 22.9 Å². The van der Waals surface area contributed by atoms with Gasteiger partial charge in [0.25, 0.3) is 5.91 Å². The maximum absolute atomic E-state index is 12.5. The van der Waals surface area contributed by atoms with Crippen LogP contribution in [0.5, 0.6) is 0 Å². The standard InChI is InChI=1S/C24H26ClN3O3/c25-19-8-5-17(6-9-19)15-22-24(30)27-20-16-18(7-10-21(20)31-22)23(29)26-11-4-14-28-12-2-1-3-13-28/h5-10,15-16,21H,1-4,11-14H2,(H,26,29)/b22-15-. The zero-order valence-electron chi connectivity index (χ0n) is 17.4. The molecule has 1 aromatic carbocycles. The zero-order chi connectivity index (χ0) is 21.6. The normalized spacial score (nSPS) is 22.4. The molecule has 1 N–H and O–H groups in total. The van der Waals surface area contributed by atoms with Gasteiger partial charge in [-0.15, -0.1) is 0 Å². The molecule has 1 atom stereocenters. The molecule has 0 spiro atoms. The molecule has 1 aromatic rings.